The molecule has 0 amide bonds. The van der Waals surface area contributed by atoms with E-state index in [1.54, 1.807) is 7.05 Å². The van der Waals surface area contributed by atoms with Crippen LogP contribution >= 0.6 is 0 Å². The zero-order valence-electron chi connectivity index (χ0n) is 11.1. The van der Waals surface area contributed by atoms with E-state index in [4.69, 9.17) is 9.84 Å². The fourth-order valence-electron chi connectivity index (χ4n) is 1.72. The molecule has 1 aromatic rings. The van der Waals surface area contributed by atoms with E-state index in [9.17, 15) is 4.79 Å². The van der Waals surface area contributed by atoms with Crippen molar-refractivity contribution in [2.75, 3.05) is 7.05 Å². The first-order valence-electron chi connectivity index (χ1n) is 6.02. The maximum atomic E-state index is 11.0. The number of hydrogen-bond acceptors (Lipinski definition) is 3. The quantitative estimate of drug-likeness (QED) is 0.778. The summed E-state index contributed by atoms with van der Waals surface area (Å²) in [6.07, 6.45) is 0.422. The fraction of sp³-hybridized carbons (Fsp3) is 0.500. The lowest BCUT2D eigenvalue weighted by atomic mass is 9.98. The number of aliphatic carboxylic acids is 1. The molecule has 0 aliphatic rings. The molecule has 0 aromatic heterocycles. The van der Waals surface area contributed by atoms with Gasteiger partial charge in [0.15, 0.2) is 0 Å². The van der Waals surface area contributed by atoms with Crippen LogP contribution in [0.3, 0.4) is 0 Å². The van der Waals surface area contributed by atoms with Gasteiger partial charge in [0.05, 0.1) is 12.2 Å². The van der Waals surface area contributed by atoms with Crippen LogP contribution in [0.4, 0.5) is 0 Å². The molecule has 0 saturated heterocycles. The summed E-state index contributed by atoms with van der Waals surface area (Å²) in [5, 5.41) is 11.8. The van der Waals surface area contributed by atoms with Crippen LogP contribution in [0.25, 0.3) is 0 Å². The molecule has 1 atom stereocenters. The van der Waals surface area contributed by atoms with Crippen molar-refractivity contribution < 1.29 is 14.6 Å². The van der Waals surface area contributed by atoms with Crippen LogP contribution in [-0.4, -0.2) is 29.8 Å². The molecule has 0 spiro atoms. The third-order valence-corrected chi connectivity index (χ3v) is 2.81. The molecule has 1 rings (SSSR count). The van der Waals surface area contributed by atoms with E-state index in [1.807, 2.05) is 44.2 Å². The lowest BCUT2D eigenvalue weighted by molar-refractivity contribution is -0.142. The van der Waals surface area contributed by atoms with E-state index in [2.05, 4.69) is 5.32 Å². The summed E-state index contributed by atoms with van der Waals surface area (Å²) >= 11 is 0. The molecule has 0 radical (unpaired) electrons. The molecule has 0 heterocycles. The average molecular weight is 251 g/mol. The third kappa shape index (κ3) is 4.85. The van der Waals surface area contributed by atoms with Crippen molar-refractivity contribution in [1.29, 1.82) is 0 Å². The highest BCUT2D eigenvalue weighted by molar-refractivity contribution is 5.73. The van der Waals surface area contributed by atoms with Gasteiger partial charge in [-0.1, -0.05) is 30.3 Å². The molecule has 18 heavy (non-hydrogen) atoms. The third-order valence-electron chi connectivity index (χ3n) is 2.81. The Hall–Kier alpha value is -1.39. The Kier molecular flexibility index (Phi) is 5.31. The van der Waals surface area contributed by atoms with Gasteiger partial charge in [-0.3, -0.25) is 4.79 Å². The Bertz CT molecular complexity index is 376. The number of ether oxygens (including phenoxy) is 1. The summed E-state index contributed by atoms with van der Waals surface area (Å²) in [6, 6.07) is 9.26. The number of nitrogens with one attached hydrogen (secondary N) is 1. The minimum Gasteiger partial charge on any atom is -0.480 e. The van der Waals surface area contributed by atoms with Crippen molar-refractivity contribution in [3.63, 3.8) is 0 Å². The predicted octanol–water partition coefficient (Wildman–Crippen LogP) is 2.04. The normalized spacial score (nSPS) is 13.3. The first kappa shape index (κ1) is 14.7. The standard InChI is InChI=1S/C14H21NO3/c1-14(2,9-12(15-3)13(16)17)18-10-11-7-5-4-6-8-11/h4-8,12,15H,9-10H2,1-3H3,(H,16,17). The summed E-state index contributed by atoms with van der Waals surface area (Å²) in [5.41, 5.74) is 0.601. The maximum absolute atomic E-state index is 11.0. The first-order valence-corrected chi connectivity index (χ1v) is 6.02. The van der Waals surface area contributed by atoms with Gasteiger partial charge in [0.1, 0.15) is 6.04 Å². The fourth-order valence-corrected chi connectivity index (χ4v) is 1.72. The van der Waals surface area contributed by atoms with Gasteiger partial charge in [-0.15, -0.1) is 0 Å². The van der Waals surface area contributed by atoms with E-state index in [0.717, 1.165) is 5.56 Å². The van der Waals surface area contributed by atoms with Gasteiger partial charge in [-0.2, -0.15) is 0 Å². The topological polar surface area (TPSA) is 58.6 Å². The van der Waals surface area contributed by atoms with Crippen LogP contribution in [-0.2, 0) is 16.1 Å². The average Bonchev–Trinajstić information content (AvgIpc) is 2.35. The summed E-state index contributed by atoms with van der Waals surface area (Å²) in [5.74, 6) is -0.853. The largest absolute Gasteiger partial charge is 0.480 e. The van der Waals surface area contributed by atoms with Gasteiger partial charge >= 0.3 is 5.97 Å². The van der Waals surface area contributed by atoms with Crippen molar-refractivity contribution in [3.8, 4) is 0 Å². The number of carboxylic acid groups (broad SMARTS) is 1. The molecular weight excluding hydrogens is 230 g/mol. The highest BCUT2D eigenvalue weighted by Crippen LogP contribution is 2.19. The Morgan fingerprint density at radius 3 is 2.50 bits per heavy atom. The van der Waals surface area contributed by atoms with Crippen LogP contribution in [0.15, 0.2) is 30.3 Å². The Balaban J connectivity index is 2.51. The summed E-state index contributed by atoms with van der Waals surface area (Å²) in [4.78, 5) is 11.0. The van der Waals surface area contributed by atoms with Gasteiger partial charge in [-0.05, 0) is 26.5 Å². The monoisotopic (exact) mass is 251 g/mol. The van der Waals surface area contributed by atoms with Gasteiger partial charge in [0, 0.05) is 6.42 Å². The van der Waals surface area contributed by atoms with E-state index in [1.165, 1.54) is 0 Å². The van der Waals surface area contributed by atoms with E-state index in [-0.39, 0.29) is 0 Å². The second-order valence-corrected chi connectivity index (χ2v) is 4.92. The van der Waals surface area contributed by atoms with Crippen molar-refractivity contribution in [2.24, 2.45) is 0 Å². The number of benzene rings is 1. The SMILES string of the molecule is CNC(CC(C)(C)OCc1ccccc1)C(=O)O. The van der Waals surface area contributed by atoms with E-state index < -0.39 is 17.6 Å². The smallest absolute Gasteiger partial charge is 0.320 e. The number of likely N-dealkylation sites (N-methyl/N-ethyl adjacent to an activating group) is 1. The van der Waals surface area contributed by atoms with Crippen molar-refractivity contribution in [2.45, 2.75) is 38.5 Å². The molecule has 2 N–H and O–H groups in total. The second-order valence-electron chi connectivity index (χ2n) is 4.92. The van der Waals surface area contributed by atoms with Crippen LogP contribution in [0.1, 0.15) is 25.8 Å². The molecule has 0 fully saturated rings. The molecule has 1 aromatic carbocycles. The van der Waals surface area contributed by atoms with Gasteiger partial charge < -0.3 is 15.2 Å². The number of rotatable bonds is 7. The van der Waals surface area contributed by atoms with Crippen molar-refractivity contribution in [1.82, 2.24) is 5.32 Å². The predicted molar refractivity (Wildman–Crippen MR) is 70.4 cm³/mol. The van der Waals surface area contributed by atoms with E-state index >= 15 is 0 Å². The van der Waals surface area contributed by atoms with Crippen molar-refractivity contribution in [3.05, 3.63) is 35.9 Å². The minimum absolute atomic E-state index is 0.422. The van der Waals surface area contributed by atoms with Gasteiger partial charge in [0.25, 0.3) is 0 Å². The lowest BCUT2D eigenvalue weighted by Crippen LogP contribution is -2.41. The molecular formula is C14H21NO3. The zero-order chi connectivity index (χ0) is 13.6. The Labute approximate surface area is 108 Å². The summed E-state index contributed by atoms with van der Waals surface area (Å²) < 4.78 is 5.79. The molecule has 4 nitrogen and oxygen atoms in total. The van der Waals surface area contributed by atoms with Crippen LogP contribution < -0.4 is 5.32 Å². The minimum atomic E-state index is -0.853. The van der Waals surface area contributed by atoms with Gasteiger partial charge in [-0.25, -0.2) is 0 Å². The molecule has 4 heteroatoms. The number of hydrogen-bond donors (Lipinski definition) is 2. The highest BCUT2D eigenvalue weighted by atomic mass is 16.5. The Morgan fingerprint density at radius 2 is 2.00 bits per heavy atom. The van der Waals surface area contributed by atoms with Gasteiger partial charge in [0.2, 0.25) is 0 Å². The molecule has 0 bridgehead atoms. The lowest BCUT2D eigenvalue weighted by Gasteiger charge is -2.28. The maximum Gasteiger partial charge on any atom is 0.320 e. The van der Waals surface area contributed by atoms with Crippen LogP contribution in [0.5, 0.6) is 0 Å². The first-order chi connectivity index (χ1) is 8.44. The van der Waals surface area contributed by atoms with Crippen molar-refractivity contribution >= 4 is 5.97 Å². The highest BCUT2D eigenvalue weighted by Gasteiger charge is 2.27. The number of carbonyl (C=O) groups is 1. The molecule has 100 valence electrons. The molecule has 0 aliphatic carbocycles. The molecule has 0 aliphatic heterocycles. The second kappa shape index (κ2) is 6.52. The van der Waals surface area contributed by atoms with Crippen LogP contribution in [0.2, 0.25) is 0 Å². The summed E-state index contributed by atoms with van der Waals surface area (Å²) in [6.45, 7) is 4.30. The molecule has 1 unspecified atom stereocenters. The Morgan fingerprint density at radius 1 is 1.39 bits per heavy atom. The zero-order valence-corrected chi connectivity index (χ0v) is 11.1. The summed E-state index contributed by atoms with van der Waals surface area (Å²) in [7, 11) is 1.64. The van der Waals surface area contributed by atoms with Crippen LogP contribution in [0, 0.1) is 0 Å². The van der Waals surface area contributed by atoms with E-state index in [0.29, 0.717) is 13.0 Å². The molecule has 0 saturated carbocycles. The number of carboxylic acids is 1.